The van der Waals surface area contributed by atoms with Crippen LogP contribution in [0.4, 0.5) is 0 Å². The van der Waals surface area contributed by atoms with Gasteiger partial charge in [0.15, 0.2) is 0 Å². The minimum atomic E-state index is -0.231. The summed E-state index contributed by atoms with van der Waals surface area (Å²) >= 11 is -0.187. The van der Waals surface area contributed by atoms with E-state index in [1.54, 1.807) is 0 Å². The fourth-order valence-electron chi connectivity index (χ4n) is 3.23. The van der Waals surface area contributed by atoms with Crippen molar-refractivity contribution in [3.05, 3.63) is 67.3 Å². The number of carbonyl (C=O) groups excluding carboxylic acids is 1. The Morgan fingerprint density at radius 1 is 0.958 bits per heavy atom. The standard InChI is InChI=1S/C21H24IO2/c1-2-21(15-7-4-8-16-21)24-20(23)17-11-13-19(14-12-17)22-18-9-5-3-6-10-18/h3,5-6,9-14H,2,4,7-8,15-16H2,1H3/q-1. The molecule has 3 rings (SSSR count). The van der Waals surface area contributed by atoms with E-state index >= 15 is 0 Å². The second-order valence-corrected chi connectivity index (χ2v) is 9.41. The molecule has 3 heteroatoms. The third-order valence-corrected chi connectivity index (χ3v) is 7.43. The van der Waals surface area contributed by atoms with Crippen molar-refractivity contribution < 1.29 is 30.7 Å². The predicted molar refractivity (Wildman–Crippen MR) is 91.8 cm³/mol. The molecule has 0 spiro atoms. The van der Waals surface area contributed by atoms with Crippen molar-refractivity contribution in [3.63, 3.8) is 0 Å². The van der Waals surface area contributed by atoms with E-state index in [1.807, 2.05) is 18.2 Å². The van der Waals surface area contributed by atoms with Crippen LogP contribution >= 0.6 is 0 Å². The second-order valence-electron chi connectivity index (χ2n) is 6.38. The van der Waals surface area contributed by atoms with E-state index in [0.717, 1.165) is 19.3 Å². The topological polar surface area (TPSA) is 26.3 Å². The van der Waals surface area contributed by atoms with Crippen LogP contribution in [0, 0.1) is 7.14 Å². The Balaban J connectivity index is 1.65. The average molecular weight is 435 g/mol. The van der Waals surface area contributed by atoms with E-state index in [4.69, 9.17) is 4.74 Å². The van der Waals surface area contributed by atoms with Crippen LogP contribution in [0.5, 0.6) is 0 Å². The number of ether oxygens (including phenoxy) is 1. The molecule has 128 valence electrons. The molecule has 0 aromatic heterocycles. The van der Waals surface area contributed by atoms with Gasteiger partial charge in [-0.2, -0.15) is 0 Å². The zero-order chi connectivity index (χ0) is 16.8. The summed E-state index contributed by atoms with van der Waals surface area (Å²) < 4.78 is 8.65. The second kappa shape index (κ2) is 8.15. The number of hydrogen-bond donors (Lipinski definition) is 0. The summed E-state index contributed by atoms with van der Waals surface area (Å²) in [6.07, 6.45) is 6.52. The fraction of sp³-hybridized carbons (Fsp3) is 0.381. The van der Waals surface area contributed by atoms with E-state index in [1.165, 1.54) is 26.4 Å². The van der Waals surface area contributed by atoms with Crippen molar-refractivity contribution in [2.45, 2.75) is 51.0 Å². The number of halogens is 1. The summed E-state index contributed by atoms with van der Waals surface area (Å²) in [5.41, 5.74) is 0.444. The maximum absolute atomic E-state index is 12.5. The van der Waals surface area contributed by atoms with Gasteiger partial charge in [-0.25, -0.2) is 0 Å². The van der Waals surface area contributed by atoms with Crippen molar-refractivity contribution in [3.8, 4) is 0 Å². The van der Waals surface area contributed by atoms with Gasteiger partial charge in [0.25, 0.3) is 0 Å². The van der Waals surface area contributed by atoms with E-state index in [-0.39, 0.29) is 32.8 Å². The van der Waals surface area contributed by atoms with E-state index in [9.17, 15) is 4.79 Å². The first-order valence-corrected chi connectivity index (χ1v) is 10.9. The Hall–Kier alpha value is -1.36. The molecule has 2 aromatic carbocycles. The van der Waals surface area contributed by atoms with Gasteiger partial charge in [-0.15, -0.1) is 0 Å². The molecule has 1 aliphatic rings. The third-order valence-electron chi connectivity index (χ3n) is 4.75. The van der Waals surface area contributed by atoms with Crippen LogP contribution in [0.3, 0.4) is 0 Å². The molecule has 1 aliphatic carbocycles. The average Bonchev–Trinajstić information content (AvgIpc) is 2.64. The first kappa shape index (κ1) is 17.5. The van der Waals surface area contributed by atoms with Crippen LogP contribution in [0.25, 0.3) is 0 Å². The van der Waals surface area contributed by atoms with E-state index in [0.29, 0.717) is 5.56 Å². The monoisotopic (exact) mass is 435 g/mol. The van der Waals surface area contributed by atoms with Crippen molar-refractivity contribution in [1.82, 2.24) is 0 Å². The van der Waals surface area contributed by atoms with Crippen LogP contribution in [0.15, 0.2) is 54.6 Å². The Labute approximate surface area is 154 Å². The number of esters is 1. The Morgan fingerprint density at radius 2 is 1.58 bits per heavy atom. The molecule has 24 heavy (non-hydrogen) atoms. The number of rotatable bonds is 5. The molecule has 0 radical (unpaired) electrons. The van der Waals surface area contributed by atoms with Gasteiger partial charge in [0.05, 0.1) is 0 Å². The number of hydrogen-bond acceptors (Lipinski definition) is 2. The zero-order valence-electron chi connectivity index (χ0n) is 14.1. The first-order chi connectivity index (χ1) is 11.7. The molecule has 0 heterocycles. The zero-order valence-corrected chi connectivity index (χ0v) is 16.3. The quantitative estimate of drug-likeness (QED) is 0.531. The molecule has 0 atom stereocenters. The van der Waals surface area contributed by atoms with Crippen LogP contribution in [-0.2, 0) is 4.74 Å². The van der Waals surface area contributed by atoms with Gasteiger partial charge >= 0.3 is 155 Å². The molecule has 0 unspecified atom stereocenters. The molecule has 0 amide bonds. The minimum absolute atomic E-state index is 0.164. The Morgan fingerprint density at radius 3 is 2.21 bits per heavy atom. The summed E-state index contributed by atoms with van der Waals surface area (Å²) in [4.78, 5) is 12.5. The normalized spacial score (nSPS) is 16.7. The fourth-order valence-corrected chi connectivity index (χ4v) is 5.45. The summed E-state index contributed by atoms with van der Waals surface area (Å²) in [6.45, 7) is 2.13. The molecular weight excluding hydrogens is 411 g/mol. The summed E-state index contributed by atoms with van der Waals surface area (Å²) in [5.74, 6) is -0.164. The third kappa shape index (κ3) is 4.38. The van der Waals surface area contributed by atoms with Crippen LogP contribution < -0.4 is 21.2 Å². The van der Waals surface area contributed by atoms with E-state index < -0.39 is 0 Å². The van der Waals surface area contributed by atoms with Gasteiger partial charge < -0.3 is 0 Å². The van der Waals surface area contributed by atoms with Gasteiger partial charge in [0, 0.05) is 0 Å². The number of benzene rings is 2. The Bertz CT molecular complexity index is 658. The Kier molecular flexibility index (Phi) is 5.93. The van der Waals surface area contributed by atoms with Gasteiger partial charge in [-0.05, 0) is 0 Å². The molecule has 2 nitrogen and oxygen atoms in total. The molecule has 0 bridgehead atoms. The van der Waals surface area contributed by atoms with Crippen molar-refractivity contribution in [1.29, 1.82) is 0 Å². The summed E-state index contributed by atoms with van der Waals surface area (Å²) in [7, 11) is 0. The number of carbonyl (C=O) groups is 1. The first-order valence-electron chi connectivity index (χ1n) is 8.74. The molecule has 1 saturated carbocycles. The molecule has 0 saturated heterocycles. The molecule has 1 fully saturated rings. The van der Waals surface area contributed by atoms with Crippen molar-refractivity contribution in [2.75, 3.05) is 0 Å². The van der Waals surface area contributed by atoms with Crippen LogP contribution in [-0.4, -0.2) is 11.6 Å². The van der Waals surface area contributed by atoms with Gasteiger partial charge in [-0.3, -0.25) is 0 Å². The predicted octanol–water partition coefficient (Wildman–Crippen LogP) is 2.08. The van der Waals surface area contributed by atoms with Gasteiger partial charge in [0.1, 0.15) is 0 Å². The van der Waals surface area contributed by atoms with E-state index in [2.05, 4.69) is 43.3 Å². The van der Waals surface area contributed by atoms with Gasteiger partial charge in [0.2, 0.25) is 0 Å². The van der Waals surface area contributed by atoms with Crippen molar-refractivity contribution >= 4 is 5.97 Å². The molecule has 0 aliphatic heterocycles. The molecule has 2 aromatic rings. The van der Waals surface area contributed by atoms with Crippen molar-refractivity contribution in [2.24, 2.45) is 0 Å². The maximum atomic E-state index is 12.5. The van der Waals surface area contributed by atoms with Gasteiger partial charge in [-0.1, -0.05) is 0 Å². The van der Waals surface area contributed by atoms with Crippen LogP contribution in [0.1, 0.15) is 55.8 Å². The summed E-state index contributed by atoms with van der Waals surface area (Å²) in [6, 6.07) is 18.5. The van der Waals surface area contributed by atoms with Crippen LogP contribution in [0.2, 0.25) is 0 Å². The molecular formula is C21H24IO2-. The molecule has 0 N–H and O–H groups in total. The summed E-state index contributed by atoms with van der Waals surface area (Å²) in [5, 5.41) is 0. The SMILES string of the molecule is CCC1(OC(=O)c2ccc([I-]c3ccccc3)cc2)CCCCC1.